The van der Waals surface area contributed by atoms with Gasteiger partial charge in [0, 0.05) is 13.1 Å². The zero-order chi connectivity index (χ0) is 13.5. The van der Waals surface area contributed by atoms with Crippen LogP contribution in [-0.2, 0) is 6.54 Å². The summed E-state index contributed by atoms with van der Waals surface area (Å²) in [5.41, 5.74) is 0. The quantitative estimate of drug-likeness (QED) is 0.886. The van der Waals surface area contributed by atoms with Crippen LogP contribution in [0.15, 0.2) is 22.8 Å². The maximum absolute atomic E-state index is 12.0. The SMILES string of the molecule is CCCCC1CCN(C(=O)NCc2ccco2)CC1. The highest BCUT2D eigenvalue weighted by atomic mass is 16.3. The van der Waals surface area contributed by atoms with Crippen LogP contribution in [0.1, 0.15) is 44.8 Å². The largest absolute Gasteiger partial charge is 0.467 e. The van der Waals surface area contributed by atoms with Gasteiger partial charge in [-0.05, 0) is 30.9 Å². The number of hydrogen-bond donors (Lipinski definition) is 1. The number of rotatable bonds is 5. The number of urea groups is 1. The van der Waals surface area contributed by atoms with Crippen molar-refractivity contribution in [2.45, 2.75) is 45.6 Å². The fraction of sp³-hybridized carbons (Fsp3) is 0.667. The molecule has 1 aromatic heterocycles. The molecule has 0 aromatic carbocycles. The van der Waals surface area contributed by atoms with Crippen LogP contribution in [0.25, 0.3) is 0 Å². The van der Waals surface area contributed by atoms with Gasteiger partial charge in [-0.1, -0.05) is 26.2 Å². The fourth-order valence-electron chi connectivity index (χ4n) is 2.61. The average molecular weight is 264 g/mol. The molecule has 0 aliphatic carbocycles. The highest BCUT2D eigenvalue weighted by molar-refractivity contribution is 5.74. The standard InChI is InChI=1S/C15H24N2O2/c1-2-3-5-13-7-9-17(10-8-13)15(18)16-12-14-6-4-11-19-14/h4,6,11,13H,2-3,5,7-10,12H2,1H3,(H,16,18). The zero-order valence-corrected chi connectivity index (χ0v) is 11.7. The molecular formula is C15H24N2O2. The van der Waals surface area contributed by atoms with Gasteiger partial charge in [0.05, 0.1) is 12.8 Å². The summed E-state index contributed by atoms with van der Waals surface area (Å²) in [5, 5.41) is 2.91. The third kappa shape index (κ3) is 4.30. The molecule has 4 nitrogen and oxygen atoms in total. The molecule has 1 aromatic rings. The smallest absolute Gasteiger partial charge is 0.317 e. The van der Waals surface area contributed by atoms with Crippen molar-refractivity contribution in [3.8, 4) is 0 Å². The van der Waals surface area contributed by atoms with Gasteiger partial charge >= 0.3 is 6.03 Å². The number of piperidine rings is 1. The van der Waals surface area contributed by atoms with E-state index in [1.54, 1.807) is 6.26 Å². The molecule has 0 atom stereocenters. The molecule has 1 aliphatic heterocycles. The lowest BCUT2D eigenvalue weighted by Crippen LogP contribution is -2.44. The molecule has 4 heteroatoms. The Morgan fingerprint density at radius 1 is 1.47 bits per heavy atom. The normalized spacial score (nSPS) is 16.6. The summed E-state index contributed by atoms with van der Waals surface area (Å²) in [6, 6.07) is 3.74. The third-order valence-corrected chi connectivity index (χ3v) is 3.86. The first-order valence-corrected chi connectivity index (χ1v) is 7.34. The molecule has 106 valence electrons. The molecule has 2 amide bonds. The predicted molar refractivity (Wildman–Crippen MR) is 74.8 cm³/mol. The minimum Gasteiger partial charge on any atom is -0.467 e. The number of carbonyl (C=O) groups is 1. The number of carbonyl (C=O) groups excluding carboxylic acids is 1. The number of unbranched alkanes of at least 4 members (excludes halogenated alkanes) is 1. The molecule has 1 aliphatic rings. The Labute approximate surface area is 115 Å². The minimum absolute atomic E-state index is 0.0327. The Morgan fingerprint density at radius 2 is 2.26 bits per heavy atom. The average Bonchev–Trinajstić information content (AvgIpc) is 2.96. The number of amides is 2. The molecule has 1 N–H and O–H groups in total. The molecule has 0 bridgehead atoms. The lowest BCUT2D eigenvalue weighted by atomic mass is 9.92. The Morgan fingerprint density at radius 3 is 2.89 bits per heavy atom. The zero-order valence-electron chi connectivity index (χ0n) is 11.7. The number of furan rings is 1. The third-order valence-electron chi connectivity index (χ3n) is 3.86. The summed E-state index contributed by atoms with van der Waals surface area (Å²) >= 11 is 0. The number of nitrogens with one attached hydrogen (secondary N) is 1. The summed E-state index contributed by atoms with van der Waals surface area (Å²) in [7, 11) is 0. The van der Waals surface area contributed by atoms with E-state index in [2.05, 4.69) is 12.2 Å². The predicted octanol–water partition coefficient (Wildman–Crippen LogP) is 3.39. The molecule has 0 radical (unpaired) electrons. The molecule has 0 spiro atoms. The van der Waals surface area contributed by atoms with Crippen LogP contribution in [0.5, 0.6) is 0 Å². The molecule has 1 saturated heterocycles. The summed E-state index contributed by atoms with van der Waals surface area (Å²) in [5.74, 6) is 1.61. The lowest BCUT2D eigenvalue weighted by molar-refractivity contribution is 0.166. The van der Waals surface area contributed by atoms with Crippen LogP contribution in [0.2, 0.25) is 0 Å². The van der Waals surface area contributed by atoms with E-state index < -0.39 is 0 Å². The van der Waals surface area contributed by atoms with Crippen LogP contribution in [0.4, 0.5) is 4.79 Å². The summed E-state index contributed by atoms with van der Waals surface area (Å²) in [6.45, 7) is 4.48. The van der Waals surface area contributed by atoms with Gasteiger partial charge in [-0.25, -0.2) is 4.79 Å². The van der Waals surface area contributed by atoms with Gasteiger partial charge in [-0.15, -0.1) is 0 Å². The Bertz CT molecular complexity index is 368. The van der Waals surface area contributed by atoms with Gasteiger partial charge < -0.3 is 14.6 Å². The molecule has 1 fully saturated rings. The maximum Gasteiger partial charge on any atom is 0.317 e. The second-order valence-corrected chi connectivity index (χ2v) is 5.31. The molecule has 2 rings (SSSR count). The number of nitrogens with zero attached hydrogens (tertiary/aromatic N) is 1. The van der Waals surface area contributed by atoms with Crippen molar-refractivity contribution in [1.82, 2.24) is 10.2 Å². The number of likely N-dealkylation sites (tertiary alicyclic amines) is 1. The van der Waals surface area contributed by atoms with E-state index in [1.165, 1.54) is 19.3 Å². The second kappa shape index (κ2) is 7.22. The first kappa shape index (κ1) is 14.0. The van der Waals surface area contributed by atoms with Crippen LogP contribution in [-0.4, -0.2) is 24.0 Å². The van der Waals surface area contributed by atoms with Crippen molar-refractivity contribution in [2.75, 3.05) is 13.1 Å². The van der Waals surface area contributed by atoms with E-state index in [4.69, 9.17) is 4.42 Å². The summed E-state index contributed by atoms with van der Waals surface area (Å²) in [6.07, 6.45) is 7.82. The topological polar surface area (TPSA) is 45.5 Å². The van der Waals surface area contributed by atoms with Crippen molar-refractivity contribution >= 4 is 6.03 Å². The van der Waals surface area contributed by atoms with Crippen LogP contribution in [0, 0.1) is 5.92 Å². The molecule has 0 saturated carbocycles. The van der Waals surface area contributed by atoms with Gasteiger partial charge in [0.15, 0.2) is 0 Å². The van der Waals surface area contributed by atoms with Crippen molar-refractivity contribution < 1.29 is 9.21 Å². The first-order valence-electron chi connectivity index (χ1n) is 7.34. The maximum atomic E-state index is 12.0. The Hall–Kier alpha value is -1.45. The molecular weight excluding hydrogens is 240 g/mol. The molecule has 2 heterocycles. The van der Waals surface area contributed by atoms with Crippen molar-refractivity contribution in [3.05, 3.63) is 24.2 Å². The second-order valence-electron chi connectivity index (χ2n) is 5.31. The van der Waals surface area contributed by atoms with Crippen molar-refractivity contribution in [2.24, 2.45) is 5.92 Å². The highest BCUT2D eigenvalue weighted by Gasteiger charge is 2.22. The van der Waals surface area contributed by atoms with E-state index in [0.29, 0.717) is 6.54 Å². The van der Waals surface area contributed by atoms with E-state index >= 15 is 0 Å². The highest BCUT2D eigenvalue weighted by Crippen LogP contribution is 2.22. The molecule has 0 unspecified atom stereocenters. The van der Waals surface area contributed by atoms with Gasteiger partial charge in [-0.2, -0.15) is 0 Å². The monoisotopic (exact) mass is 264 g/mol. The Kier molecular flexibility index (Phi) is 5.31. The summed E-state index contributed by atoms with van der Waals surface area (Å²) in [4.78, 5) is 13.9. The lowest BCUT2D eigenvalue weighted by Gasteiger charge is -2.32. The first-order chi connectivity index (χ1) is 9.29. The van der Waals surface area contributed by atoms with Gasteiger partial charge in [0.2, 0.25) is 0 Å². The fourth-order valence-corrected chi connectivity index (χ4v) is 2.61. The van der Waals surface area contributed by atoms with Crippen LogP contribution < -0.4 is 5.32 Å². The van der Waals surface area contributed by atoms with Crippen LogP contribution >= 0.6 is 0 Å². The van der Waals surface area contributed by atoms with E-state index in [9.17, 15) is 4.79 Å². The van der Waals surface area contributed by atoms with E-state index in [1.807, 2.05) is 17.0 Å². The van der Waals surface area contributed by atoms with Crippen molar-refractivity contribution in [3.63, 3.8) is 0 Å². The van der Waals surface area contributed by atoms with Gasteiger partial charge in [0.25, 0.3) is 0 Å². The van der Waals surface area contributed by atoms with Crippen LogP contribution in [0.3, 0.4) is 0 Å². The van der Waals surface area contributed by atoms with Crippen molar-refractivity contribution in [1.29, 1.82) is 0 Å². The number of hydrogen-bond acceptors (Lipinski definition) is 2. The van der Waals surface area contributed by atoms with E-state index in [0.717, 1.165) is 37.6 Å². The van der Waals surface area contributed by atoms with Gasteiger partial charge in [0.1, 0.15) is 5.76 Å². The minimum atomic E-state index is 0.0327. The molecule has 19 heavy (non-hydrogen) atoms. The van der Waals surface area contributed by atoms with Gasteiger partial charge in [-0.3, -0.25) is 0 Å². The summed E-state index contributed by atoms with van der Waals surface area (Å²) < 4.78 is 5.20. The van der Waals surface area contributed by atoms with E-state index in [-0.39, 0.29) is 6.03 Å². The Balaban J connectivity index is 1.67.